The molecule has 0 spiro atoms. The number of nitrogens with two attached hydrogens (primary N) is 1. The minimum Gasteiger partial charge on any atom is -0.347 e. The first-order valence-electron chi connectivity index (χ1n) is 6.73. The maximum Gasteiger partial charge on any atom is 0.251 e. The molecule has 1 aliphatic carbocycles. The highest BCUT2D eigenvalue weighted by Gasteiger charge is 2.45. The molecule has 1 fully saturated rings. The lowest BCUT2D eigenvalue weighted by atomic mass is 10.1. The molecule has 0 atom stereocenters. The van der Waals surface area contributed by atoms with Gasteiger partial charge in [-0.05, 0) is 57.9 Å². The van der Waals surface area contributed by atoms with Gasteiger partial charge in [-0.2, -0.15) is 0 Å². The van der Waals surface area contributed by atoms with E-state index >= 15 is 0 Å². The van der Waals surface area contributed by atoms with Gasteiger partial charge in [-0.1, -0.05) is 0 Å². The van der Waals surface area contributed by atoms with E-state index in [1.165, 1.54) is 0 Å². The number of anilines is 1. The second kappa shape index (κ2) is 6.03. The van der Waals surface area contributed by atoms with E-state index in [1.54, 1.807) is 24.3 Å². The van der Waals surface area contributed by atoms with Crippen LogP contribution in [0, 0.1) is 0 Å². The van der Waals surface area contributed by atoms with Crippen molar-refractivity contribution < 1.29 is 9.59 Å². The fourth-order valence-electron chi connectivity index (χ4n) is 1.73. The van der Waals surface area contributed by atoms with Crippen molar-refractivity contribution in [2.24, 2.45) is 5.73 Å². The van der Waals surface area contributed by atoms with Crippen molar-refractivity contribution in [1.82, 2.24) is 5.32 Å². The van der Waals surface area contributed by atoms with Crippen molar-refractivity contribution in [2.45, 2.75) is 44.7 Å². The largest absolute Gasteiger partial charge is 0.347 e. The molecule has 1 aromatic rings. The molecular formula is C15H22ClN3O2. The number of nitrogens with one attached hydrogen (secondary N) is 2. The van der Waals surface area contributed by atoms with E-state index in [1.807, 2.05) is 20.8 Å². The van der Waals surface area contributed by atoms with Gasteiger partial charge in [0.05, 0.1) is 5.54 Å². The van der Waals surface area contributed by atoms with E-state index in [2.05, 4.69) is 10.6 Å². The smallest absolute Gasteiger partial charge is 0.251 e. The van der Waals surface area contributed by atoms with Crippen LogP contribution in [0.5, 0.6) is 0 Å². The minimum atomic E-state index is -0.692. The van der Waals surface area contributed by atoms with Gasteiger partial charge >= 0.3 is 0 Å². The molecular weight excluding hydrogens is 290 g/mol. The Morgan fingerprint density at radius 2 is 1.67 bits per heavy atom. The van der Waals surface area contributed by atoms with Crippen LogP contribution in [0.3, 0.4) is 0 Å². The number of amides is 2. The molecule has 1 aromatic carbocycles. The number of hydrogen-bond donors (Lipinski definition) is 3. The highest BCUT2D eigenvalue weighted by molar-refractivity contribution is 6.00. The summed E-state index contributed by atoms with van der Waals surface area (Å²) in [5.41, 5.74) is 6.05. The van der Waals surface area contributed by atoms with Crippen molar-refractivity contribution in [3.63, 3.8) is 0 Å². The third-order valence-electron chi connectivity index (χ3n) is 3.13. The van der Waals surface area contributed by atoms with Crippen LogP contribution in [-0.4, -0.2) is 22.9 Å². The van der Waals surface area contributed by atoms with Gasteiger partial charge in [0.2, 0.25) is 5.91 Å². The number of hydrogen-bond acceptors (Lipinski definition) is 3. The fraction of sp³-hybridized carbons (Fsp3) is 0.467. The van der Waals surface area contributed by atoms with E-state index in [0.29, 0.717) is 11.3 Å². The minimum absolute atomic E-state index is 0. The van der Waals surface area contributed by atoms with E-state index in [4.69, 9.17) is 5.73 Å². The molecule has 116 valence electrons. The summed E-state index contributed by atoms with van der Waals surface area (Å²) in [5, 5.41) is 5.65. The zero-order valence-corrected chi connectivity index (χ0v) is 13.3. The van der Waals surface area contributed by atoms with Gasteiger partial charge in [0, 0.05) is 16.8 Å². The molecule has 0 unspecified atom stereocenters. The second-order valence-corrected chi connectivity index (χ2v) is 6.39. The van der Waals surface area contributed by atoms with Gasteiger partial charge in [0.25, 0.3) is 5.91 Å². The van der Waals surface area contributed by atoms with Crippen molar-refractivity contribution >= 4 is 29.9 Å². The molecule has 0 aliphatic heterocycles. The zero-order chi connectivity index (χ0) is 15.0. The normalized spacial score (nSPS) is 15.6. The van der Waals surface area contributed by atoms with E-state index < -0.39 is 5.54 Å². The lowest BCUT2D eigenvalue weighted by molar-refractivity contribution is -0.118. The van der Waals surface area contributed by atoms with Crippen LogP contribution in [0.25, 0.3) is 0 Å². The maximum atomic E-state index is 11.9. The Balaban J connectivity index is 0.00000220. The Bertz CT molecular complexity index is 531. The number of carbonyl (C=O) groups excluding carboxylic acids is 2. The van der Waals surface area contributed by atoms with Crippen LogP contribution in [0.2, 0.25) is 0 Å². The van der Waals surface area contributed by atoms with E-state index in [9.17, 15) is 9.59 Å². The van der Waals surface area contributed by atoms with Crippen LogP contribution < -0.4 is 16.4 Å². The van der Waals surface area contributed by atoms with Crippen LogP contribution in [-0.2, 0) is 4.79 Å². The molecule has 0 heterocycles. The Morgan fingerprint density at radius 3 is 2.10 bits per heavy atom. The summed E-state index contributed by atoms with van der Waals surface area (Å²) in [4.78, 5) is 23.7. The highest BCUT2D eigenvalue weighted by atomic mass is 35.5. The predicted octanol–water partition coefficient (Wildman–Crippen LogP) is 2.07. The van der Waals surface area contributed by atoms with Crippen molar-refractivity contribution in [3.05, 3.63) is 29.8 Å². The van der Waals surface area contributed by atoms with Gasteiger partial charge in [-0.15, -0.1) is 12.4 Å². The average Bonchev–Trinajstić information content (AvgIpc) is 3.07. The first-order chi connectivity index (χ1) is 9.20. The molecule has 0 radical (unpaired) electrons. The topological polar surface area (TPSA) is 84.2 Å². The predicted molar refractivity (Wildman–Crippen MR) is 85.7 cm³/mol. The summed E-state index contributed by atoms with van der Waals surface area (Å²) in [5.74, 6) is -0.294. The van der Waals surface area contributed by atoms with Gasteiger partial charge in [-0.3, -0.25) is 9.59 Å². The van der Waals surface area contributed by atoms with E-state index in [0.717, 1.165) is 12.8 Å². The second-order valence-electron chi connectivity index (χ2n) is 6.39. The van der Waals surface area contributed by atoms with Crippen LogP contribution in [0.15, 0.2) is 24.3 Å². The molecule has 0 aromatic heterocycles. The Kier molecular flexibility index (Phi) is 5.02. The fourth-order valence-corrected chi connectivity index (χ4v) is 1.73. The summed E-state index contributed by atoms with van der Waals surface area (Å²) in [7, 11) is 0. The molecule has 4 N–H and O–H groups in total. The van der Waals surface area contributed by atoms with Gasteiger partial charge < -0.3 is 16.4 Å². The van der Waals surface area contributed by atoms with E-state index in [-0.39, 0.29) is 29.8 Å². The lowest BCUT2D eigenvalue weighted by Gasteiger charge is -2.20. The highest BCUT2D eigenvalue weighted by Crippen LogP contribution is 2.33. The van der Waals surface area contributed by atoms with Crippen molar-refractivity contribution in [1.29, 1.82) is 0 Å². The first-order valence-corrected chi connectivity index (χ1v) is 6.73. The maximum absolute atomic E-state index is 11.9. The summed E-state index contributed by atoms with van der Waals surface area (Å²) in [6.07, 6.45) is 1.45. The third kappa shape index (κ3) is 4.72. The molecule has 0 bridgehead atoms. The van der Waals surface area contributed by atoms with Crippen LogP contribution >= 0.6 is 12.4 Å². The summed E-state index contributed by atoms with van der Waals surface area (Å²) >= 11 is 0. The molecule has 6 heteroatoms. The number of halogens is 1. The first kappa shape index (κ1) is 17.5. The Labute approximate surface area is 131 Å². The molecule has 5 nitrogen and oxygen atoms in total. The Morgan fingerprint density at radius 1 is 1.14 bits per heavy atom. The summed E-state index contributed by atoms with van der Waals surface area (Å²) in [6.45, 7) is 5.78. The van der Waals surface area contributed by atoms with Crippen LogP contribution in [0.4, 0.5) is 5.69 Å². The molecule has 0 saturated heterocycles. The average molecular weight is 312 g/mol. The molecule has 2 amide bonds. The number of rotatable bonds is 3. The summed E-state index contributed by atoms with van der Waals surface area (Å²) < 4.78 is 0. The zero-order valence-electron chi connectivity index (χ0n) is 12.5. The molecule has 1 aliphatic rings. The molecule has 1 saturated carbocycles. The quantitative estimate of drug-likeness (QED) is 0.799. The van der Waals surface area contributed by atoms with Gasteiger partial charge in [-0.25, -0.2) is 0 Å². The number of carbonyl (C=O) groups is 2. The van der Waals surface area contributed by atoms with Crippen LogP contribution in [0.1, 0.15) is 44.0 Å². The number of benzene rings is 1. The van der Waals surface area contributed by atoms with Crippen molar-refractivity contribution in [2.75, 3.05) is 5.32 Å². The Hall–Kier alpha value is -1.59. The standard InChI is InChI=1S/C15H21N3O2.ClH/c1-14(2,3)18-12(19)10-4-6-11(7-5-10)17-13(20)15(16)8-9-15;/h4-7H,8-9,16H2,1-3H3,(H,17,20)(H,18,19);1H. The summed E-state index contributed by atoms with van der Waals surface area (Å²) in [6, 6.07) is 6.79. The monoisotopic (exact) mass is 311 g/mol. The van der Waals surface area contributed by atoms with Gasteiger partial charge in [0.15, 0.2) is 0 Å². The lowest BCUT2D eigenvalue weighted by Crippen LogP contribution is -2.40. The van der Waals surface area contributed by atoms with Crippen molar-refractivity contribution in [3.8, 4) is 0 Å². The SMILES string of the molecule is CC(C)(C)NC(=O)c1ccc(NC(=O)C2(N)CC2)cc1.Cl. The molecule has 21 heavy (non-hydrogen) atoms. The molecule has 2 rings (SSSR count). The third-order valence-corrected chi connectivity index (χ3v) is 3.13. The van der Waals surface area contributed by atoms with Gasteiger partial charge in [0.1, 0.15) is 0 Å².